The van der Waals surface area contributed by atoms with Crippen LogP contribution in [0.2, 0.25) is 0 Å². The van der Waals surface area contributed by atoms with Crippen molar-refractivity contribution in [3.63, 3.8) is 0 Å². The number of hydrogen-bond donors (Lipinski definition) is 12. The fourth-order valence-electron chi connectivity index (χ4n) is 11.3. The fraction of sp³-hybridized carbons (Fsp3) is 0.607. The van der Waals surface area contributed by atoms with Crippen LogP contribution in [0.25, 0.3) is 22.5 Å². The molecule has 2 saturated heterocycles. The molecule has 0 unspecified atom stereocenters. The van der Waals surface area contributed by atoms with Gasteiger partial charge in [0.2, 0.25) is 35.9 Å². The van der Waals surface area contributed by atoms with Crippen LogP contribution in [0, 0.1) is 0 Å². The lowest BCUT2D eigenvalue weighted by Crippen LogP contribution is -2.55. The molecule has 12 N–H and O–H groups in total. The summed E-state index contributed by atoms with van der Waals surface area (Å²) in [5.74, 6) is -4.68. The summed E-state index contributed by atoms with van der Waals surface area (Å²) in [6, 6.07) is 2.77. The second-order valence-corrected chi connectivity index (χ2v) is 22.5. The lowest BCUT2D eigenvalue weighted by Gasteiger charge is -2.41. The monoisotopic (exact) mass is 1260 g/mol. The van der Waals surface area contributed by atoms with Crippen molar-refractivity contribution in [1.29, 1.82) is 0 Å². The molecule has 34 heteroatoms. The summed E-state index contributed by atoms with van der Waals surface area (Å²) in [4.78, 5) is 46.9. The zero-order chi connectivity index (χ0) is 64.5. The molecule has 4 aliphatic rings. The van der Waals surface area contributed by atoms with Gasteiger partial charge in [0.05, 0.1) is 49.2 Å². The highest BCUT2D eigenvalue weighted by atomic mass is 16.7. The van der Waals surface area contributed by atoms with Gasteiger partial charge in [-0.2, -0.15) is 0 Å². The highest BCUT2D eigenvalue weighted by Gasteiger charge is 2.49. The zero-order valence-electron chi connectivity index (χ0n) is 49.6. The third-order valence-corrected chi connectivity index (χ3v) is 16.1. The Bertz CT molecular complexity index is 3070. The summed E-state index contributed by atoms with van der Waals surface area (Å²) < 4.78 is 40.5. The van der Waals surface area contributed by atoms with Gasteiger partial charge in [-0.1, -0.05) is 71.8 Å². The molecule has 18 atom stereocenters. The molecular weight excluding hydrogens is 1190 g/mol. The molecule has 8 heterocycles. The number of aliphatic carboxylic acids is 2. The van der Waals surface area contributed by atoms with E-state index in [0.29, 0.717) is 98.1 Å². The number of aliphatic hydroxyl groups excluding tert-OH is 8. The van der Waals surface area contributed by atoms with Crippen LogP contribution in [0.1, 0.15) is 115 Å². The Morgan fingerprint density at radius 2 is 0.922 bits per heavy atom. The van der Waals surface area contributed by atoms with Gasteiger partial charge in [0, 0.05) is 37.4 Å². The molecule has 0 radical (unpaired) electrons. The number of carboxylic acids is 2. The summed E-state index contributed by atoms with van der Waals surface area (Å²) in [5.41, 5.74) is 3.02. The van der Waals surface area contributed by atoms with Crippen LogP contribution >= 0.6 is 0 Å². The van der Waals surface area contributed by atoms with Crippen molar-refractivity contribution in [2.24, 2.45) is 0 Å². The van der Waals surface area contributed by atoms with Crippen LogP contribution in [0.4, 0.5) is 0 Å². The van der Waals surface area contributed by atoms with Gasteiger partial charge >= 0.3 is 11.9 Å². The lowest BCUT2D eigenvalue weighted by molar-refractivity contribution is -0.233. The quantitative estimate of drug-likeness (QED) is 0.0253. The maximum atomic E-state index is 11.8. The predicted molar refractivity (Wildman–Crippen MR) is 302 cm³/mol. The van der Waals surface area contributed by atoms with Gasteiger partial charge in [-0.25, -0.2) is 28.3 Å². The zero-order valence-corrected chi connectivity index (χ0v) is 49.6. The molecule has 90 heavy (non-hydrogen) atoms. The Balaban J connectivity index is 0.746. The molecule has 0 aliphatic carbocycles. The number of rotatable bonds is 28. The van der Waals surface area contributed by atoms with Crippen LogP contribution < -0.4 is 10.6 Å². The van der Waals surface area contributed by atoms with Gasteiger partial charge in [0.1, 0.15) is 84.4 Å². The van der Waals surface area contributed by atoms with Crippen LogP contribution in [0.5, 0.6) is 0 Å². The van der Waals surface area contributed by atoms with E-state index in [1.54, 1.807) is 36.7 Å². The largest absolute Gasteiger partial charge is 0.475 e. The van der Waals surface area contributed by atoms with Crippen molar-refractivity contribution < 1.29 is 98.7 Å². The van der Waals surface area contributed by atoms with E-state index in [2.05, 4.69) is 51.9 Å². The molecule has 0 bridgehead atoms. The summed E-state index contributed by atoms with van der Waals surface area (Å²) in [7, 11) is 0. The summed E-state index contributed by atoms with van der Waals surface area (Å²) >= 11 is 0. The SMILES string of the molecule is CC[C@@H](CCCCc1cn([C@H]2[C@H](O)[C@@H](O)[C@H](n3cc(-c4ccc(-c5cn([C@@H]6O[C@H](CO)[C@@H](n7cc(CCCC[C@H](CC)O[C@@H]8OC(C(=O)O)=C[C@H](O)[C@H]8NC(C)=O)nn7)[C@H](O)[C@H]6O)nn5)cc4)nn3)O[C@@H]2CO)nn1)O[C@@H]1OC(C(=O)O)=C[C@H](O)[C@H]1NC(C)=O. The van der Waals surface area contributed by atoms with Crippen molar-refractivity contribution in [2.45, 2.75) is 202 Å². The average Bonchev–Trinajstić information content (AvgIpc) is 1.67. The Labute approximate surface area is 513 Å². The van der Waals surface area contributed by atoms with E-state index in [4.69, 9.17) is 28.4 Å². The highest BCUT2D eigenvalue weighted by Crippen LogP contribution is 2.38. The second-order valence-electron chi connectivity index (χ2n) is 22.5. The molecule has 4 aromatic heterocycles. The van der Waals surface area contributed by atoms with Crippen LogP contribution in [-0.2, 0) is 60.4 Å². The number of carbonyl (C=O) groups is 4. The van der Waals surface area contributed by atoms with Gasteiger partial charge in [-0.05, 0) is 63.5 Å². The number of carbonyl (C=O) groups excluding carboxylic acids is 2. The number of hydrogen-bond acceptors (Lipinski definition) is 26. The van der Waals surface area contributed by atoms with E-state index >= 15 is 0 Å². The maximum Gasteiger partial charge on any atom is 0.371 e. The molecule has 2 amide bonds. The van der Waals surface area contributed by atoms with Crippen LogP contribution in [0.15, 0.2) is 72.7 Å². The summed E-state index contributed by atoms with van der Waals surface area (Å²) in [5, 5.41) is 146. The minimum atomic E-state index is -1.57. The van der Waals surface area contributed by atoms with Gasteiger partial charge in [0.25, 0.3) is 0 Å². The molecule has 4 aliphatic heterocycles. The van der Waals surface area contributed by atoms with Crippen molar-refractivity contribution in [2.75, 3.05) is 13.2 Å². The standard InChI is InChI=1S/C56H76N14O20/c1-5-33(85-55-43(57-27(3)73)37(75)19-39(89-55)53(81)82)13-9-7-11-31-21-67(63-59-31)45-41(25-71)87-51(49(79)47(45)77)69-23-35(61-65-69)29-15-17-30(18-16-29)36-24-70(66-62-36)52-50(80)48(78)46(42(26-72)88-52)68-22-32(60-64-68)12-8-10-14-34(6-2)86-56-44(58-28(4)74)38(76)20-40(90-56)54(83)84/h15-24,33-34,37-38,41-52,55-56,71-72,75-80H,5-14,25-26H2,1-4H3,(H,57,73)(H,58,74)(H,81,82)(H,83,84)/t33-,34-,37-,38-,41+,42+,43+,44+,45+,46+,47-,48-,49+,50+,51+,52+,55+,56+/m0/s1. The van der Waals surface area contributed by atoms with Crippen molar-refractivity contribution >= 4 is 23.8 Å². The molecule has 5 aromatic rings. The number of aryl methyl sites for hydroxylation is 2. The fourth-order valence-corrected chi connectivity index (χ4v) is 11.3. The van der Waals surface area contributed by atoms with Crippen molar-refractivity contribution in [3.05, 3.63) is 84.1 Å². The topological polar surface area (TPSA) is 473 Å². The molecule has 34 nitrogen and oxygen atoms in total. The summed E-state index contributed by atoms with van der Waals surface area (Å²) in [6.07, 6.45) is -3.24. The third-order valence-electron chi connectivity index (χ3n) is 16.1. The van der Waals surface area contributed by atoms with Crippen LogP contribution in [0.3, 0.4) is 0 Å². The smallest absolute Gasteiger partial charge is 0.371 e. The Morgan fingerprint density at radius 1 is 0.544 bits per heavy atom. The first-order valence-electron chi connectivity index (χ1n) is 29.6. The number of nitrogens with zero attached hydrogens (tertiary/aromatic N) is 12. The Kier molecular flexibility index (Phi) is 22.2. The number of nitrogens with one attached hydrogen (secondary N) is 2. The van der Waals surface area contributed by atoms with E-state index in [1.165, 1.54) is 45.0 Å². The number of aromatic nitrogens is 12. The minimum absolute atomic E-state index is 0.365. The first-order valence-corrected chi connectivity index (χ1v) is 29.6. The summed E-state index contributed by atoms with van der Waals surface area (Å²) in [6.45, 7) is 5.12. The minimum Gasteiger partial charge on any atom is -0.475 e. The molecule has 490 valence electrons. The van der Waals surface area contributed by atoms with Crippen LogP contribution in [-0.4, -0.2) is 234 Å². The normalized spacial score (nSPS) is 29.2. The second kappa shape index (κ2) is 29.9. The highest BCUT2D eigenvalue weighted by molar-refractivity contribution is 5.85. The number of ether oxygens (including phenoxy) is 6. The number of unbranched alkanes of at least 4 members (excludes halogenated alkanes) is 2. The van der Waals surface area contributed by atoms with Gasteiger partial charge < -0.3 is 90.1 Å². The molecule has 1 aromatic carbocycles. The molecule has 2 fully saturated rings. The molecule has 9 rings (SSSR count). The van der Waals surface area contributed by atoms with E-state index in [0.717, 1.165) is 12.2 Å². The maximum absolute atomic E-state index is 11.8. The Morgan fingerprint density at radius 3 is 1.27 bits per heavy atom. The number of benzene rings is 1. The van der Waals surface area contributed by atoms with Crippen molar-refractivity contribution in [3.8, 4) is 22.5 Å². The number of amides is 2. The Hall–Kier alpha value is -7.74. The van der Waals surface area contributed by atoms with E-state index < -0.39 is 159 Å². The lowest BCUT2D eigenvalue weighted by atomic mass is 9.95. The first-order chi connectivity index (χ1) is 43.2. The van der Waals surface area contributed by atoms with E-state index in [1.807, 2.05) is 13.8 Å². The third kappa shape index (κ3) is 15.5. The van der Waals surface area contributed by atoms with Gasteiger partial charge in [-0.3, -0.25) is 9.59 Å². The average molecular weight is 1270 g/mol. The van der Waals surface area contributed by atoms with E-state index in [9.17, 15) is 70.2 Å². The van der Waals surface area contributed by atoms with E-state index in [-0.39, 0.29) is 0 Å². The predicted octanol–water partition coefficient (Wildman–Crippen LogP) is -1.51. The van der Waals surface area contributed by atoms with Crippen molar-refractivity contribution in [1.82, 2.24) is 70.6 Å². The van der Waals surface area contributed by atoms with Gasteiger partial charge in [0.15, 0.2) is 12.5 Å². The first kappa shape index (κ1) is 66.7. The molecule has 0 spiro atoms. The number of carboxylic acid groups (broad SMARTS) is 2. The molecular formula is C56H76N14O20. The molecule has 0 saturated carbocycles. The van der Waals surface area contributed by atoms with Gasteiger partial charge in [-0.15, -0.1) is 20.4 Å². The number of aliphatic hydroxyl groups is 8.